The Morgan fingerprint density at radius 1 is 1.16 bits per heavy atom. The molecule has 0 unspecified atom stereocenters. The maximum atomic E-state index is 12.5. The van der Waals surface area contributed by atoms with E-state index < -0.39 is 12.2 Å². The molecule has 1 fully saturated rings. The van der Waals surface area contributed by atoms with E-state index in [0.29, 0.717) is 37.7 Å². The number of hydrogen-bond donors (Lipinski definition) is 2. The summed E-state index contributed by atoms with van der Waals surface area (Å²) in [6.07, 6.45) is -0.272. The predicted molar refractivity (Wildman–Crippen MR) is 131 cm³/mol. The minimum atomic E-state index is -2.87. The molecule has 1 amide bonds. The van der Waals surface area contributed by atoms with Crippen LogP contribution in [0.2, 0.25) is 0 Å². The third-order valence-electron chi connectivity index (χ3n) is 4.60. The molecule has 2 rings (SSSR count). The second kappa shape index (κ2) is 13.6. The highest BCUT2D eigenvalue weighted by atomic mass is 127. The van der Waals surface area contributed by atoms with Crippen LogP contribution in [0, 0.1) is 0 Å². The van der Waals surface area contributed by atoms with E-state index in [9.17, 15) is 13.6 Å². The first kappa shape index (κ1) is 28.1. The number of carbonyl (C=O) groups excluding carboxylic acids is 1. The molecular weight excluding hydrogens is 535 g/mol. The molecule has 32 heavy (non-hydrogen) atoms. The van der Waals surface area contributed by atoms with Gasteiger partial charge >= 0.3 is 12.7 Å². The van der Waals surface area contributed by atoms with Crippen molar-refractivity contribution in [1.82, 2.24) is 20.4 Å². The maximum absolute atomic E-state index is 12.5. The van der Waals surface area contributed by atoms with E-state index in [4.69, 9.17) is 4.74 Å². The number of para-hydroxylation sites is 1. The third-order valence-corrected chi connectivity index (χ3v) is 4.60. The van der Waals surface area contributed by atoms with Crippen molar-refractivity contribution in [1.29, 1.82) is 0 Å². The summed E-state index contributed by atoms with van der Waals surface area (Å²) >= 11 is 0. The first-order chi connectivity index (χ1) is 14.7. The van der Waals surface area contributed by atoms with Gasteiger partial charge in [-0.05, 0) is 26.8 Å². The van der Waals surface area contributed by atoms with Crippen LogP contribution >= 0.6 is 24.0 Å². The van der Waals surface area contributed by atoms with Crippen LogP contribution in [0.3, 0.4) is 0 Å². The lowest BCUT2D eigenvalue weighted by Gasteiger charge is -2.35. The molecule has 182 valence electrons. The molecule has 1 heterocycles. The van der Waals surface area contributed by atoms with Crippen LogP contribution < -0.4 is 15.4 Å². The number of nitrogens with zero attached hydrogens (tertiary/aromatic N) is 3. The number of aliphatic imine (C=N–C) groups is 1. The first-order valence-corrected chi connectivity index (χ1v) is 10.4. The largest absolute Gasteiger partial charge is 0.444 e. The quantitative estimate of drug-likeness (QED) is 0.299. The van der Waals surface area contributed by atoms with Gasteiger partial charge in [-0.1, -0.05) is 18.2 Å². The summed E-state index contributed by atoms with van der Waals surface area (Å²) in [5.74, 6) is 0.711. The topological polar surface area (TPSA) is 78.4 Å². The highest BCUT2D eigenvalue weighted by Crippen LogP contribution is 2.19. The number of ether oxygens (including phenoxy) is 2. The first-order valence-electron chi connectivity index (χ1n) is 10.4. The summed E-state index contributed by atoms with van der Waals surface area (Å²) in [5.41, 5.74) is 0.122. The van der Waals surface area contributed by atoms with E-state index in [-0.39, 0.29) is 35.8 Å². The summed E-state index contributed by atoms with van der Waals surface area (Å²) in [4.78, 5) is 20.3. The minimum absolute atomic E-state index is 0. The lowest BCUT2D eigenvalue weighted by atomic mass is 10.2. The molecule has 0 radical (unpaired) electrons. The molecule has 11 heteroatoms. The molecule has 1 aromatic carbocycles. The fourth-order valence-corrected chi connectivity index (χ4v) is 3.07. The molecule has 1 saturated heterocycles. The fourth-order valence-electron chi connectivity index (χ4n) is 3.07. The van der Waals surface area contributed by atoms with Crippen molar-refractivity contribution in [2.45, 2.75) is 39.5 Å². The van der Waals surface area contributed by atoms with Crippen LogP contribution in [-0.2, 0) is 11.3 Å². The van der Waals surface area contributed by atoms with Gasteiger partial charge in [-0.3, -0.25) is 9.89 Å². The molecule has 1 aliphatic heterocycles. The Morgan fingerprint density at radius 2 is 1.81 bits per heavy atom. The molecule has 0 spiro atoms. The number of hydrogen-bond acceptors (Lipinski definition) is 5. The van der Waals surface area contributed by atoms with E-state index in [2.05, 4.69) is 25.3 Å². The number of carbonyl (C=O) groups is 1. The lowest BCUT2D eigenvalue weighted by molar-refractivity contribution is -0.0504. The van der Waals surface area contributed by atoms with E-state index >= 15 is 0 Å². The summed E-state index contributed by atoms with van der Waals surface area (Å²) in [6.45, 7) is 7.25. The third kappa shape index (κ3) is 10.2. The maximum Gasteiger partial charge on any atom is 0.410 e. The summed E-state index contributed by atoms with van der Waals surface area (Å²) in [5, 5.41) is 6.32. The Hall–Kier alpha value is -1.89. The zero-order chi connectivity index (χ0) is 22.9. The standard InChI is InChI=1S/C21H33F2N5O3.HI/c1-21(2,3)31-20(29)28-13-11-27(12-14-28)10-9-25-19(24-4)26-15-16-7-5-6-8-17(16)30-18(22)23;/h5-8,18H,9-15H2,1-4H3,(H2,24,25,26);1H. The Balaban J connectivity index is 0.00000512. The number of rotatable bonds is 7. The SMILES string of the molecule is CN=C(NCCN1CCN(C(=O)OC(C)(C)C)CC1)NCc1ccccc1OC(F)F.I. The number of nitrogens with one attached hydrogen (secondary N) is 2. The highest BCUT2D eigenvalue weighted by molar-refractivity contribution is 14.0. The van der Waals surface area contributed by atoms with E-state index in [1.807, 2.05) is 20.8 Å². The lowest BCUT2D eigenvalue weighted by Crippen LogP contribution is -2.51. The van der Waals surface area contributed by atoms with Gasteiger partial charge in [0.05, 0.1) is 0 Å². The molecule has 2 N–H and O–H groups in total. The van der Waals surface area contributed by atoms with Crippen LogP contribution in [-0.4, -0.2) is 80.4 Å². The van der Waals surface area contributed by atoms with Crippen LogP contribution in [0.25, 0.3) is 0 Å². The normalized spacial score (nSPS) is 15.2. The molecule has 1 aromatic rings. The van der Waals surface area contributed by atoms with E-state index in [0.717, 1.165) is 19.6 Å². The van der Waals surface area contributed by atoms with Crippen molar-refractivity contribution < 1.29 is 23.0 Å². The summed E-state index contributed by atoms with van der Waals surface area (Å²) in [7, 11) is 1.65. The van der Waals surface area contributed by atoms with E-state index in [1.165, 1.54) is 6.07 Å². The van der Waals surface area contributed by atoms with Gasteiger partial charge in [-0.25, -0.2) is 4.79 Å². The number of guanidine groups is 1. The number of benzene rings is 1. The highest BCUT2D eigenvalue weighted by Gasteiger charge is 2.25. The smallest absolute Gasteiger partial charge is 0.410 e. The van der Waals surface area contributed by atoms with Gasteiger partial charge in [0.15, 0.2) is 5.96 Å². The van der Waals surface area contributed by atoms with Gasteiger partial charge < -0.3 is 25.0 Å². The predicted octanol–water partition coefficient (Wildman–Crippen LogP) is 3.12. The van der Waals surface area contributed by atoms with Crippen molar-refractivity contribution in [2.75, 3.05) is 46.3 Å². The number of alkyl halides is 2. The number of halogens is 3. The Kier molecular flexibility index (Phi) is 12.0. The zero-order valence-corrected chi connectivity index (χ0v) is 21.4. The fraction of sp³-hybridized carbons (Fsp3) is 0.619. The van der Waals surface area contributed by atoms with Gasteiger partial charge in [0, 0.05) is 58.4 Å². The molecule has 0 aliphatic carbocycles. The van der Waals surface area contributed by atoms with Crippen LogP contribution in [0.5, 0.6) is 5.75 Å². The van der Waals surface area contributed by atoms with Crippen molar-refractivity contribution in [3.63, 3.8) is 0 Å². The van der Waals surface area contributed by atoms with Crippen molar-refractivity contribution >= 4 is 36.0 Å². The monoisotopic (exact) mass is 569 g/mol. The van der Waals surface area contributed by atoms with Crippen molar-refractivity contribution in [3.05, 3.63) is 29.8 Å². The minimum Gasteiger partial charge on any atom is -0.444 e. The average Bonchev–Trinajstić information content (AvgIpc) is 2.70. The summed E-state index contributed by atoms with van der Waals surface area (Å²) < 4.78 is 35.0. The Morgan fingerprint density at radius 3 is 2.41 bits per heavy atom. The van der Waals surface area contributed by atoms with Crippen molar-refractivity contribution in [3.8, 4) is 5.75 Å². The number of amides is 1. The Bertz CT molecular complexity index is 738. The van der Waals surface area contributed by atoms with Crippen LogP contribution in [0.4, 0.5) is 13.6 Å². The molecule has 0 saturated carbocycles. The molecule has 0 aromatic heterocycles. The van der Waals surface area contributed by atoms with Gasteiger partial charge in [0.2, 0.25) is 0 Å². The van der Waals surface area contributed by atoms with Crippen molar-refractivity contribution in [2.24, 2.45) is 4.99 Å². The van der Waals surface area contributed by atoms with E-state index in [1.54, 1.807) is 30.1 Å². The van der Waals surface area contributed by atoms with Gasteiger partial charge in [-0.15, -0.1) is 24.0 Å². The van der Waals surface area contributed by atoms with Crippen LogP contribution in [0.1, 0.15) is 26.3 Å². The zero-order valence-electron chi connectivity index (χ0n) is 19.1. The average molecular weight is 569 g/mol. The van der Waals surface area contributed by atoms with Gasteiger partial charge in [0.1, 0.15) is 11.4 Å². The molecule has 1 aliphatic rings. The second-order valence-corrected chi connectivity index (χ2v) is 8.15. The summed E-state index contributed by atoms with van der Waals surface area (Å²) in [6, 6.07) is 6.65. The molecule has 8 nitrogen and oxygen atoms in total. The molecular formula is C21H34F2IN5O3. The Labute approximate surface area is 205 Å². The molecule has 0 bridgehead atoms. The number of piperazine rings is 1. The van der Waals surface area contributed by atoms with Gasteiger partial charge in [-0.2, -0.15) is 8.78 Å². The second-order valence-electron chi connectivity index (χ2n) is 8.15. The molecule has 0 atom stereocenters. The van der Waals surface area contributed by atoms with Gasteiger partial charge in [0.25, 0.3) is 0 Å². The van der Waals surface area contributed by atoms with Crippen LogP contribution in [0.15, 0.2) is 29.3 Å².